The average Bonchev–Trinajstić information content (AvgIpc) is 2.29. The van der Waals surface area contributed by atoms with E-state index in [1.165, 1.54) is 0 Å². The summed E-state index contributed by atoms with van der Waals surface area (Å²) in [5, 5.41) is 12.9. The Balaban J connectivity index is 2.91. The zero-order valence-electron chi connectivity index (χ0n) is 7.63. The number of nitrogens with zero attached hydrogens (tertiary/aromatic N) is 3. The van der Waals surface area contributed by atoms with Crippen LogP contribution in [0.5, 0.6) is 0 Å². The van der Waals surface area contributed by atoms with Crippen molar-refractivity contribution in [2.24, 2.45) is 13.0 Å². The molecule has 0 bridgehead atoms. The number of aromatic nitrogens is 2. The summed E-state index contributed by atoms with van der Waals surface area (Å²) in [6.07, 6.45) is 3.69. The Bertz CT molecular complexity index is 304. The summed E-state index contributed by atoms with van der Waals surface area (Å²) in [5.74, 6) is 0.528. The van der Waals surface area contributed by atoms with Crippen LogP contribution in [-0.4, -0.2) is 9.78 Å². The highest BCUT2D eigenvalue weighted by atomic mass is 15.2. The van der Waals surface area contributed by atoms with Crippen molar-refractivity contribution in [3.8, 4) is 6.07 Å². The fraction of sp³-hybridized carbons (Fsp3) is 0.556. The van der Waals surface area contributed by atoms with E-state index in [1.807, 2.05) is 0 Å². The van der Waals surface area contributed by atoms with Gasteiger partial charge in [-0.25, -0.2) is 0 Å². The van der Waals surface area contributed by atoms with Gasteiger partial charge in [-0.15, -0.1) is 0 Å². The van der Waals surface area contributed by atoms with Gasteiger partial charge in [-0.3, -0.25) is 4.68 Å². The van der Waals surface area contributed by atoms with E-state index < -0.39 is 0 Å². The van der Waals surface area contributed by atoms with Crippen LogP contribution in [0.1, 0.15) is 25.1 Å². The topological polar surface area (TPSA) is 41.6 Å². The van der Waals surface area contributed by atoms with E-state index >= 15 is 0 Å². The molecule has 63 valence electrons. The minimum Gasteiger partial charge on any atom is -0.265 e. The lowest BCUT2D eigenvalue weighted by Gasteiger charge is -1.99. The molecule has 0 aliphatic carbocycles. The van der Waals surface area contributed by atoms with Crippen molar-refractivity contribution in [1.82, 2.24) is 9.78 Å². The minimum atomic E-state index is 0.528. The molecule has 0 saturated heterocycles. The van der Waals surface area contributed by atoms with Crippen LogP contribution in [0.3, 0.4) is 0 Å². The molecule has 0 spiro atoms. The maximum absolute atomic E-state index is 8.71. The third-order valence-electron chi connectivity index (χ3n) is 1.55. The second-order valence-corrected chi connectivity index (χ2v) is 3.27. The Labute approximate surface area is 72.6 Å². The first-order valence-electron chi connectivity index (χ1n) is 3.98. The fourth-order valence-corrected chi connectivity index (χ4v) is 1.10. The molecule has 0 aromatic carbocycles. The van der Waals surface area contributed by atoms with Crippen LogP contribution in [0.4, 0.5) is 0 Å². The van der Waals surface area contributed by atoms with Gasteiger partial charge < -0.3 is 0 Å². The molecule has 1 heterocycles. The lowest BCUT2D eigenvalue weighted by Crippen LogP contribution is -1.97. The minimum absolute atomic E-state index is 0.528. The quantitative estimate of drug-likeness (QED) is 0.657. The molecular formula is C9H12N3. The van der Waals surface area contributed by atoms with E-state index in [0.29, 0.717) is 11.5 Å². The molecule has 1 radical (unpaired) electrons. The summed E-state index contributed by atoms with van der Waals surface area (Å²) in [4.78, 5) is 0. The molecule has 0 saturated carbocycles. The smallest absolute Gasteiger partial charge is 0.105 e. The first-order valence-corrected chi connectivity index (χ1v) is 3.98. The molecule has 12 heavy (non-hydrogen) atoms. The van der Waals surface area contributed by atoms with Crippen LogP contribution in [0, 0.1) is 23.4 Å². The fourth-order valence-electron chi connectivity index (χ4n) is 1.10. The van der Waals surface area contributed by atoms with Crippen LogP contribution in [0.25, 0.3) is 0 Å². The highest BCUT2D eigenvalue weighted by molar-refractivity contribution is 5.29. The van der Waals surface area contributed by atoms with E-state index in [2.05, 4.69) is 31.2 Å². The Kier molecular flexibility index (Phi) is 2.49. The second-order valence-electron chi connectivity index (χ2n) is 3.27. The molecule has 0 atom stereocenters. The number of hydrogen-bond acceptors (Lipinski definition) is 2. The Morgan fingerprint density at radius 1 is 1.67 bits per heavy atom. The third kappa shape index (κ3) is 1.85. The Morgan fingerprint density at radius 2 is 2.33 bits per heavy atom. The number of hydrogen-bond donors (Lipinski definition) is 0. The highest BCUT2D eigenvalue weighted by Crippen LogP contribution is 2.09. The van der Waals surface area contributed by atoms with Gasteiger partial charge in [0, 0.05) is 7.05 Å². The van der Waals surface area contributed by atoms with Crippen molar-refractivity contribution in [2.75, 3.05) is 0 Å². The van der Waals surface area contributed by atoms with Crippen LogP contribution >= 0.6 is 0 Å². The summed E-state index contributed by atoms with van der Waals surface area (Å²) >= 11 is 0. The van der Waals surface area contributed by atoms with Gasteiger partial charge in [-0.05, 0) is 12.3 Å². The Hall–Kier alpha value is -1.30. The van der Waals surface area contributed by atoms with Gasteiger partial charge in [0.05, 0.1) is 5.69 Å². The Morgan fingerprint density at radius 3 is 2.83 bits per heavy atom. The van der Waals surface area contributed by atoms with E-state index in [4.69, 9.17) is 5.26 Å². The number of rotatable bonds is 2. The molecule has 1 aromatic rings. The zero-order chi connectivity index (χ0) is 9.14. The van der Waals surface area contributed by atoms with Crippen molar-refractivity contribution >= 4 is 0 Å². The number of nitriles is 1. The second kappa shape index (κ2) is 3.40. The molecule has 1 rings (SSSR count). The van der Waals surface area contributed by atoms with Crippen LogP contribution < -0.4 is 0 Å². The summed E-state index contributed by atoms with van der Waals surface area (Å²) in [6, 6.07) is 2.08. The average molecular weight is 162 g/mol. The lowest BCUT2D eigenvalue weighted by molar-refractivity contribution is 0.619. The van der Waals surface area contributed by atoms with Gasteiger partial charge >= 0.3 is 0 Å². The first-order chi connectivity index (χ1) is 5.63. The predicted octanol–water partition coefficient (Wildman–Crippen LogP) is 1.29. The summed E-state index contributed by atoms with van der Waals surface area (Å²) in [7, 11) is 1.78. The van der Waals surface area contributed by atoms with E-state index in [0.717, 1.165) is 12.1 Å². The van der Waals surface area contributed by atoms with Crippen LogP contribution in [0.15, 0.2) is 0 Å². The molecule has 1 aromatic heterocycles. The standard InChI is InChI=1S/C9H12N3/c1-7(2)4-9-8(5-10)6-12(3)11-9/h7H,4H2,1-3H3. The van der Waals surface area contributed by atoms with E-state index in [1.54, 1.807) is 11.7 Å². The summed E-state index contributed by atoms with van der Waals surface area (Å²) in [5.41, 5.74) is 1.43. The van der Waals surface area contributed by atoms with E-state index in [-0.39, 0.29) is 0 Å². The summed E-state index contributed by atoms with van der Waals surface area (Å²) < 4.78 is 1.57. The monoisotopic (exact) mass is 162 g/mol. The van der Waals surface area contributed by atoms with Gasteiger partial charge in [-0.2, -0.15) is 10.4 Å². The molecule has 0 fully saturated rings. The number of aryl methyl sites for hydroxylation is 1. The maximum atomic E-state index is 8.71. The van der Waals surface area contributed by atoms with Crippen molar-refractivity contribution in [2.45, 2.75) is 20.3 Å². The normalized spacial score (nSPS) is 10.2. The molecule has 0 unspecified atom stereocenters. The van der Waals surface area contributed by atoms with Gasteiger partial charge in [0.25, 0.3) is 0 Å². The molecule has 0 aliphatic heterocycles. The van der Waals surface area contributed by atoms with Crippen molar-refractivity contribution in [1.29, 1.82) is 5.26 Å². The maximum Gasteiger partial charge on any atom is 0.105 e. The van der Waals surface area contributed by atoms with Gasteiger partial charge in [-0.1, -0.05) is 13.8 Å². The predicted molar refractivity (Wildman–Crippen MR) is 45.3 cm³/mol. The van der Waals surface area contributed by atoms with Crippen LogP contribution in [-0.2, 0) is 13.5 Å². The molecular weight excluding hydrogens is 150 g/mol. The first kappa shape index (κ1) is 8.79. The van der Waals surface area contributed by atoms with Crippen molar-refractivity contribution in [3.05, 3.63) is 17.5 Å². The van der Waals surface area contributed by atoms with Crippen molar-refractivity contribution in [3.63, 3.8) is 0 Å². The molecule has 3 heteroatoms. The molecule has 0 aliphatic rings. The largest absolute Gasteiger partial charge is 0.265 e. The molecule has 0 N–H and O–H groups in total. The third-order valence-corrected chi connectivity index (χ3v) is 1.55. The van der Waals surface area contributed by atoms with Gasteiger partial charge in [0.15, 0.2) is 0 Å². The molecule has 0 amide bonds. The van der Waals surface area contributed by atoms with Gasteiger partial charge in [0.2, 0.25) is 0 Å². The van der Waals surface area contributed by atoms with Gasteiger partial charge in [0.1, 0.15) is 17.8 Å². The molecule has 3 nitrogen and oxygen atoms in total. The highest BCUT2D eigenvalue weighted by Gasteiger charge is 2.08. The SMILES string of the molecule is CC(C)Cc1nn(C)[c]c1C#N. The van der Waals surface area contributed by atoms with Crippen molar-refractivity contribution < 1.29 is 0 Å². The van der Waals surface area contributed by atoms with E-state index in [9.17, 15) is 0 Å². The van der Waals surface area contributed by atoms with Crippen LogP contribution in [0.2, 0.25) is 0 Å². The zero-order valence-corrected chi connectivity index (χ0v) is 7.63. The summed E-state index contributed by atoms with van der Waals surface area (Å²) in [6.45, 7) is 4.21. The lowest BCUT2D eigenvalue weighted by atomic mass is 10.1.